The summed E-state index contributed by atoms with van der Waals surface area (Å²) in [5, 5.41) is 0. The standard InChI is InChI=1S/C13H18FN3/c1-10-8-16-6-2-3-12(16)9-17(10)11-4-5-15-13(14)7-11/h4-5,7,10,12H,2-3,6,8-9H2,1H3. The summed E-state index contributed by atoms with van der Waals surface area (Å²) >= 11 is 0. The molecule has 1 aromatic rings. The van der Waals surface area contributed by atoms with Gasteiger partial charge in [-0.15, -0.1) is 0 Å². The third-order valence-corrected chi connectivity index (χ3v) is 3.98. The second-order valence-electron chi connectivity index (χ2n) is 5.13. The van der Waals surface area contributed by atoms with Crippen LogP contribution in [-0.2, 0) is 0 Å². The molecule has 3 heterocycles. The maximum absolute atomic E-state index is 13.2. The van der Waals surface area contributed by atoms with Gasteiger partial charge < -0.3 is 4.90 Å². The number of aromatic nitrogens is 1. The minimum Gasteiger partial charge on any atom is -0.366 e. The van der Waals surface area contributed by atoms with Crippen LogP contribution in [-0.4, -0.2) is 41.6 Å². The zero-order chi connectivity index (χ0) is 11.8. The van der Waals surface area contributed by atoms with Gasteiger partial charge in [0.05, 0.1) is 0 Å². The molecule has 2 aliphatic heterocycles. The fourth-order valence-corrected chi connectivity index (χ4v) is 3.12. The van der Waals surface area contributed by atoms with E-state index in [1.807, 2.05) is 6.07 Å². The van der Waals surface area contributed by atoms with E-state index in [4.69, 9.17) is 0 Å². The molecular weight excluding hydrogens is 217 g/mol. The first kappa shape index (κ1) is 11.0. The second-order valence-corrected chi connectivity index (χ2v) is 5.13. The molecule has 2 saturated heterocycles. The number of piperazine rings is 1. The van der Waals surface area contributed by atoms with E-state index in [9.17, 15) is 4.39 Å². The lowest BCUT2D eigenvalue weighted by molar-refractivity contribution is 0.203. The maximum Gasteiger partial charge on any atom is 0.214 e. The summed E-state index contributed by atoms with van der Waals surface area (Å²) in [6, 6.07) is 4.55. The highest BCUT2D eigenvalue weighted by molar-refractivity contribution is 5.47. The Morgan fingerprint density at radius 3 is 3.12 bits per heavy atom. The van der Waals surface area contributed by atoms with Crippen LogP contribution in [0.3, 0.4) is 0 Å². The Balaban J connectivity index is 1.83. The first-order valence-electron chi connectivity index (χ1n) is 6.36. The van der Waals surface area contributed by atoms with Gasteiger partial charge in [0.25, 0.3) is 0 Å². The number of pyridine rings is 1. The summed E-state index contributed by atoms with van der Waals surface area (Å²) in [6.07, 6.45) is 4.13. The van der Waals surface area contributed by atoms with Crippen molar-refractivity contribution in [3.8, 4) is 0 Å². The summed E-state index contributed by atoms with van der Waals surface area (Å²) in [5.41, 5.74) is 0.969. The van der Waals surface area contributed by atoms with Crippen molar-refractivity contribution >= 4 is 5.69 Å². The van der Waals surface area contributed by atoms with E-state index in [-0.39, 0.29) is 5.95 Å². The number of nitrogens with zero attached hydrogens (tertiary/aromatic N) is 3. The molecule has 0 N–H and O–H groups in total. The van der Waals surface area contributed by atoms with Crippen LogP contribution in [0.5, 0.6) is 0 Å². The van der Waals surface area contributed by atoms with Gasteiger partial charge in [0.1, 0.15) is 0 Å². The van der Waals surface area contributed by atoms with Crippen LogP contribution < -0.4 is 4.90 Å². The molecule has 3 nitrogen and oxygen atoms in total. The van der Waals surface area contributed by atoms with E-state index in [1.165, 1.54) is 19.4 Å². The van der Waals surface area contributed by atoms with Crippen LogP contribution in [0.15, 0.2) is 18.3 Å². The fraction of sp³-hybridized carbons (Fsp3) is 0.615. The van der Waals surface area contributed by atoms with Crippen LogP contribution in [0.1, 0.15) is 19.8 Å². The lowest BCUT2D eigenvalue weighted by Crippen LogP contribution is -2.55. The average Bonchev–Trinajstić information content (AvgIpc) is 2.75. The molecule has 0 amide bonds. The summed E-state index contributed by atoms with van der Waals surface area (Å²) in [6.45, 7) is 5.56. The molecule has 2 fully saturated rings. The first-order chi connectivity index (χ1) is 8.24. The molecule has 0 saturated carbocycles. The number of hydrogen-bond donors (Lipinski definition) is 0. The first-order valence-corrected chi connectivity index (χ1v) is 6.36. The molecule has 0 radical (unpaired) electrons. The van der Waals surface area contributed by atoms with Crippen molar-refractivity contribution in [2.45, 2.75) is 31.8 Å². The van der Waals surface area contributed by atoms with Crippen LogP contribution in [0.4, 0.5) is 10.1 Å². The van der Waals surface area contributed by atoms with Crippen molar-refractivity contribution in [1.82, 2.24) is 9.88 Å². The lowest BCUT2D eigenvalue weighted by atomic mass is 10.1. The van der Waals surface area contributed by atoms with Gasteiger partial charge in [0.15, 0.2) is 0 Å². The third-order valence-electron chi connectivity index (χ3n) is 3.98. The maximum atomic E-state index is 13.2. The van der Waals surface area contributed by atoms with E-state index >= 15 is 0 Å². The molecule has 2 aliphatic rings. The summed E-state index contributed by atoms with van der Waals surface area (Å²) in [4.78, 5) is 8.51. The molecule has 92 valence electrons. The normalized spacial score (nSPS) is 29.4. The van der Waals surface area contributed by atoms with Gasteiger partial charge in [-0.05, 0) is 32.4 Å². The van der Waals surface area contributed by atoms with Gasteiger partial charge in [-0.3, -0.25) is 4.90 Å². The summed E-state index contributed by atoms with van der Waals surface area (Å²) in [5.74, 6) is -0.386. The summed E-state index contributed by atoms with van der Waals surface area (Å²) < 4.78 is 13.2. The predicted molar refractivity (Wildman–Crippen MR) is 65.6 cm³/mol. The fourth-order valence-electron chi connectivity index (χ4n) is 3.12. The minimum atomic E-state index is -0.386. The van der Waals surface area contributed by atoms with Crippen molar-refractivity contribution < 1.29 is 4.39 Å². The Hall–Kier alpha value is -1.16. The molecule has 2 atom stereocenters. The highest BCUT2D eigenvalue weighted by Gasteiger charge is 2.34. The number of halogens is 1. The van der Waals surface area contributed by atoms with Crippen molar-refractivity contribution in [3.05, 3.63) is 24.3 Å². The molecule has 17 heavy (non-hydrogen) atoms. The lowest BCUT2D eigenvalue weighted by Gasteiger charge is -2.43. The van der Waals surface area contributed by atoms with Gasteiger partial charge in [-0.25, -0.2) is 4.98 Å². The number of rotatable bonds is 1. The second kappa shape index (κ2) is 4.26. The van der Waals surface area contributed by atoms with Gasteiger partial charge in [-0.1, -0.05) is 0 Å². The molecule has 0 spiro atoms. The largest absolute Gasteiger partial charge is 0.366 e. The molecule has 0 aliphatic carbocycles. The van der Waals surface area contributed by atoms with Gasteiger partial charge in [0, 0.05) is 43.1 Å². The van der Waals surface area contributed by atoms with Crippen molar-refractivity contribution in [1.29, 1.82) is 0 Å². The predicted octanol–water partition coefficient (Wildman–Crippen LogP) is 1.89. The van der Waals surface area contributed by atoms with Crippen LogP contribution in [0, 0.1) is 5.95 Å². The molecule has 0 bridgehead atoms. The van der Waals surface area contributed by atoms with Crippen molar-refractivity contribution in [2.24, 2.45) is 0 Å². The monoisotopic (exact) mass is 235 g/mol. The van der Waals surface area contributed by atoms with Crippen LogP contribution >= 0.6 is 0 Å². The number of fused-ring (bicyclic) bond motifs is 1. The van der Waals surface area contributed by atoms with Gasteiger partial charge in [0.2, 0.25) is 5.95 Å². The Morgan fingerprint density at radius 2 is 2.29 bits per heavy atom. The SMILES string of the molecule is CC1CN2CCCC2CN1c1ccnc(F)c1. The molecule has 1 aromatic heterocycles. The molecular formula is C13H18FN3. The van der Waals surface area contributed by atoms with E-state index in [0.717, 1.165) is 18.8 Å². The number of hydrogen-bond acceptors (Lipinski definition) is 3. The number of anilines is 1. The zero-order valence-corrected chi connectivity index (χ0v) is 10.1. The van der Waals surface area contributed by atoms with E-state index in [1.54, 1.807) is 12.3 Å². The highest BCUT2D eigenvalue weighted by Crippen LogP contribution is 2.28. The van der Waals surface area contributed by atoms with Gasteiger partial charge >= 0.3 is 0 Å². The molecule has 4 heteroatoms. The van der Waals surface area contributed by atoms with Crippen molar-refractivity contribution in [2.75, 3.05) is 24.5 Å². The quantitative estimate of drug-likeness (QED) is 0.693. The Labute approximate surface area is 101 Å². The Morgan fingerprint density at radius 1 is 1.41 bits per heavy atom. The smallest absolute Gasteiger partial charge is 0.214 e. The third kappa shape index (κ3) is 2.02. The van der Waals surface area contributed by atoms with Gasteiger partial charge in [-0.2, -0.15) is 4.39 Å². The van der Waals surface area contributed by atoms with E-state index < -0.39 is 0 Å². The Bertz CT molecular complexity index is 409. The minimum absolute atomic E-state index is 0.386. The molecule has 0 aromatic carbocycles. The molecule has 3 rings (SSSR count). The van der Waals surface area contributed by atoms with Crippen LogP contribution in [0.2, 0.25) is 0 Å². The topological polar surface area (TPSA) is 19.4 Å². The van der Waals surface area contributed by atoms with Crippen LogP contribution in [0.25, 0.3) is 0 Å². The molecule has 2 unspecified atom stereocenters. The van der Waals surface area contributed by atoms with Crippen molar-refractivity contribution in [3.63, 3.8) is 0 Å². The zero-order valence-electron chi connectivity index (χ0n) is 10.1. The Kier molecular flexibility index (Phi) is 2.74. The van der Waals surface area contributed by atoms with E-state index in [0.29, 0.717) is 12.1 Å². The summed E-state index contributed by atoms with van der Waals surface area (Å²) in [7, 11) is 0. The van der Waals surface area contributed by atoms with E-state index in [2.05, 4.69) is 21.7 Å². The highest BCUT2D eigenvalue weighted by atomic mass is 19.1. The average molecular weight is 235 g/mol.